The van der Waals surface area contributed by atoms with Crippen LogP contribution in [0.15, 0.2) is 17.1 Å². The van der Waals surface area contributed by atoms with Crippen molar-refractivity contribution < 1.29 is 30.5 Å². The molecule has 0 aromatic carbocycles. The lowest BCUT2D eigenvalue weighted by atomic mass is 10.2. The molecule has 0 bridgehead atoms. The maximum atomic E-state index is 12.6. The molecule has 0 amide bonds. The van der Waals surface area contributed by atoms with E-state index < -0.39 is 33.2 Å². The van der Waals surface area contributed by atoms with Crippen LogP contribution in [0.25, 0.3) is 11.0 Å². The van der Waals surface area contributed by atoms with Crippen molar-refractivity contribution in [1.29, 1.82) is 0 Å². The van der Waals surface area contributed by atoms with E-state index in [2.05, 4.69) is 9.28 Å². The van der Waals surface area contributed by atoms with Gasteiger partial charge in [0.25, 0.3) is 5.56 Å². The number of alkyl halides is 3. The van der Waals surface area contributed by atoms with Crippen molar-refractivity contribution in [3.63, 3.8) is 0 Å². The highest BCUT2D eigenvalue weighted by Crippen LogP contribution is 2.31. The van der Waals surface area contributed by atoms with E-state index in [1.165, 1.54) is 15.4 Å². The fourth-order valence-electron chi connectivity index (χ4n) is 2.77. The number of halogens is 3. The molecule has 144 valence electrons. The van der Waals surface area contributed by atoms with E-state index in [1.54, 1.807) is 6.92 Å². The molecule has 0 spiro atoms. The second-order valence-electron chi connectivity index (χ2n) is 5.74. The topological polar surface area (TPSA) is 92.4 Å². The monoisotopic (exact) mass is 395 g/mol. The molecule has 1 aliphatic heterocycles. The second kappa shape index (κ2) is 6.58. The lowest BCUT2D eigenvalue weighted by Crippen LogP contribution is -2.29. The van der Waals surface area contributed by atoms with Crippen LogP contribution < -0.4 is 9.74 Å². The predicted octanol–water partition coefficient (Wildman–Crippen LogP) is 2.15. The number of rotatable bonds is 4. The highest BCUT2D eigenvalue weighted by Gasteiger charge is 2.49. The Kier molecular flexibility index (Phi) is 4.73. The minimum atomic E-state index is -5.92. The van der Waals surface area contributed by atoms with Crippen LogP contribution in [0.1, 0.15) is 32.4 Å². The van der Waals surface area contributed by atoms with Crippen LogP contribution in [0.2, 0.25) is 0 Å². The second-order valence-corrected chi connectivity index (χ2v) is 7.28. The third-order valence-corrected chi connectivity index (χ3v) is 4.97. The summed E-state index contributed by atoms with van der Waals surface area (Å²) in [5, 5.41) is 4.13. The summed E-state index contributed by atoms with van der Waals surface area (Å²) in [7, 11) is -5.92. The van der Waals surface area contributed by atoms with Gasteiger partial charge in [-0.15, -0.1) is 0 Å². The van der Waals surface area contributed by atoms with Crippen LogP contribution in [0.3, 0.4) is 0 Å². The van der Waals surface area contributed by atoms with Crippen LogP contribution >= 0.6 is 0 Å². The zero-order valence-corrected chi connectivity index (χ0v) is 14.5. The molecule has 1 fully saturated rings. The molecule has 12 heteroatoms. The normalized spacial score (nSPS) is 19.0. The first-order valence-electron chi connectivity index (χ1n) is 7.89. The molecule has 1 aliphatic rings. The minimum absolute atomic E-state index is 0.159. The number of aryl methyl sites for hydroxylation is 1. The van der Waals surface area contributed by atoms with Crippen molar-refractivity contribution in [2.45, 2.75) is 44.5 Å². The molecule has 0 N–H and O–H groups in total. The van der Waals surface area contributed by atoms with Crippen LogP contribution in [0.4, 0.5) is 13.2 Å². The van der Waals surface area contributed by atoms with Crippen LogP contribution in [-0.4, -0.2) is 34.9 Å². The zero-order chi connectivity index (χ0) is 19.1. The van der Waals surface area contributed by atoms with Crippen molar-refractivity contribution >= 4 is 21.2 Å². The molecule has 26 heavy (non-hydrogen) atoms. The van der Waals surface area contributed by atoms with Gasteiger partial charge in [-0.25, -0.2) is 4.68 Å². The first kappa shape index (κ1) is 18.7. The van der Waals surface area contributed by atoms with Crippen molar-refractivity contribution in [3.8, 4) is 5.75 Å². The minimum Gasteiger partial charge on any atom is -0.373 e. The Balaban J connectivity index is 2.14. The molecular weight excluding hydrogens is 379 g/mol. The van der Waals surface area contributed by atoms with E-state index in [0.29, 0.717) is 19.1 Å². The van der Waals surface area contributed by atoms with E-state index in [9.17, 15) is 26.4 Å². The standard InChI is InChI=1S/C14H16F3N3O5S/c1-2-19-9-8-20(12-5-3-4-6-24-12)18-13(9)10(7-11(19)21)25-26(22,23)14(15,16)17/h7-8,12H,2-6H2,1H3. The Bertz CT molecular complexity index is 974. The lowest BCUT2D eigenvalue weighted by molar-refractivity contribution is -0.0500. The van der Waals surface area contributed by atoms with Gasteiger partial charge in [-0.05, 0) is 26.2 Å². The molecule has 1 atom stereocenters. The summed E-state index contributed by atoms with van der Waals surface area (Å²) in [6, 6.07) is 0.689. The average Bonchev–Trinajstić information content (AvgIpc) is 3.00. The zero-order valence-electron chi connectivity index (χ0n) is 13.7. The van der Waals surface area contributed by atoms with Gasteiger partial charge < -0.3 is 13.5 Å². The number of aromatic nitrogens is 3. The first-order valence-corrected chi connectivity index (χ1v) is 9.30. The van der Waals surface area contributed by atoms with Crippen molar-refractivity contribution in [2.75, 3.05) is 6.61 Å². The summed E-state index contributed by atoms with van der Waals surface area (Å²) in [6.45, 7) is 2.40. The number of hydrogen-bond donors (Lipinski definition) is 0. The average molecular weight is 395 g/mol. The van der Waals surface area contributed by atoms with Gasteiger partial charge in [-0.3, -0.25) is 4.79 Å². The summed E-state index contributed by atoms with van der Waals surface area (Å²) in [5.41, 5.74) is -6.31. The molecule has 0 saturated carbocycles. The van der Waals surface area contributed by atoms with Gasteiger partial charge in [0.15, 0.2) is 11.3 Å². The van der Waals surface area contributed by atoms with E-state index in [4.69, 9.17) is 4.74 Å². The molecule has 0 radical (unpaired) electrons. The molecule has 2 aromatic rings. The summed E-state index contributed by atoms with van der Waals surface area (Å²) in [5.74, 6) is -0.762. The molecular formula is C14H16F3N3O5S. The summed E-state index contributed by atoms with van der Waals surface area (Å²) >= 11 is 0. The third kappa shape index (κ3) is 3.30. The molecule has 0 aliphatic carbocycles. The fraction of sp³-hybridized carbons (Fsp3) is 0.571. The number of hydrogen-bond acceptors (Lipinski definition) is 6. The summed E-state index contributed by atoms with van der Waals surface area (Å²) < 4.78 is 72.9. The molecule has 3 rings (SSSR count). The number of nitrogens with zero attached hydrogens (tertiary/aromatic N) is 3. The number of pyridine rings is 1. The lowest BCUT2D eigenvalue weighted by Gasteiger charge is -2.22. The van der Waals surface area contributed by atoms with Gasteiger partial charge in [-0.1, -0.05) is 0 Å². The summed E-state index contributed by atoms with van der Waals surface area (Å²) in [4.78, 5) is 12.1. The predicted molar refractivity (Wildman–Crippen MR) is 84.1 cm³/mol. The Morgan fingerprint density at radius 3 is 2.69 bits per heavy atom. The van der Waals surface area contributed by atoms with Crippen molar-refractivity contribution in [3.05, 3.63) is 22.6 Å². The third-order valence-electron chi connectivity index (χ3n) is 4.01. The Labute approximate surface area is 146 Å². The van der Waals surface area contributed by atoms with Gasteiger partial charge in [0.05, 0.1) is 11.7 Å². The van der Waals surface area contributed by atoms with E-state index in [1.807, 2.05) is 0 Å². The molecule has 3 heterocycles. The molecule has 1 unspecified atom stereocenters. The van der Waals surface area contributed by atoms with Crippen LogP contribution in [0, 0.1) is 0 Å². The van der Waals surface area contributed by atoms with E-state index in [-0.39, 0.29) is 17.6 Å². The van der Waals surface area contributed by atoms with E-state index >= 15 is 0 Å². The fourth-order valence-corrected chi connectivity index (χ4v) is 3.23. The Morgan fingerprint density at radius 2 is 2.12 bits per heavy atom. The maximum Gasteiger partial charge on any atom is 0.534 e. The van der Waals surface area contributed by atoms with Crippen molar-refractivity contribution in [1.82, 2.24) is 14.3 Å². The van der Waals surface area contributed by atoms with Gasteiger partial charge in [0.2, 0.25) is 0 Å². The van der Waals surface area contributed by atoms with E-state index in [0.717, 1.165) is 12.8 Å². The summed E-state index contributed by atoms with van der Waals surface area (Å²) in [6.07, 6.45) is 3.41. The van der Waals surface area contributed by atoms with Gasteiger partial charge in [-0.2, -0.15) is 26.7 Å². The SMILES string of the molecule is CCn1c(=O)cc(OS(=O)(=O)C(F)(F)F)c2nn(C3CCCCO3)cc21. The largest absolute Gasteiger partial charge is 0.534 e. The smallest absolute Gasteiger partial charge is 0.373 e. The van der Waals surface area contributed by atoms with Crippen molar-refractivity contribution in [2.24, 2.45) is 0 Å². The quantitative estimate of drug-likeness (QED) is 0.582. The Hall–Kier alpha value is -2.08. The molecule has 1 saturated heterocycles. The first-order chi connectivity index (χ1) is 12.1. The van der Waals surface area contributed by atoms with Gasteiger partial charge in [0.1, 0.15) is 6.23 Å². The molecule has 8 nitrogen and oxygen atoms in total. The Morgan fingerprint density at radius 1 is 1.38 bits per heavy atom. The van der Waals surface area contributed by atoms with Gasteiger partial charge >= 0.3 is 15.6 Å². The van der Waals surface area contributed by atoms with Crippen LogP contribution in [-0.2, 0) is 21.4 Å². The maximum absolute atomic E-state index is 12.6. The molecule has 2 aromatic heterocycles. The highest BCUT2D eigenvalue weighted by molar-refractivity contribution is 7.88. The van der Waals surface area contributed by atoms with Crippen LogP contribution in [0.5, 0.6) is 5.75 Å². The number of fused-ring (bicyclic) bond motifs is 1. The highest BCUT2D eigenvalue weighted by atomic mass is 32.2. The van der Waals surface area contributed by atoms with Gasteiger partial charge in [0, 0.05) is 19.2 Å². The number of ether oxygens (including phenoxy) is 1.